The summed E-state index contributed by atoms with van der Waals surface area (Å²) in [7, 11) is -1.32. The smallest absolute Gasteiger partial charge is 0.853 e. The predicted octanol–water partition coefficient (Wildman–Crippen LogP) is 0.759. The topological polar surface area (TPSA) is 23.1 Å². The third kappa shape index (κ3) is 8.33. The summed E-state index contributed by atoms with van der Waals surface area (Å²) >= 11 is 0. The van der Waals surface area contributed by atoms with Gasteiger partial charge in [-0.2, -0.15) is 6.58 Å². The van der Waals surface area contributed by atoms with Crippen LogP contribution in [0.2, 0.25) is 19.6 Å². The van der Waals surface area contributed by atoms with E-state index in [1.807, 2.05) is 0 Å². The summed E-state index contributed by atoms with van der Waals surface area (Å²) in [6.45, 7) is 9.79. The SMILES string of the molecule is C=CC(=[C-][Si](C)(C)C)C[O-].[Mg+2]. The molecule has 3 heteroatoms. The van der Waals surface area contributed by atoms with E-state index in [4.69, 9.17) is 0 Å². The van der Waals surface area contributed by atoms with Crippen LogP contribution in [0.5, 0.6) is 0 Å². The molecular weight excluding hydrogens is 164 g/mol. The van der Waals surface area contributed by atoms with Gasteiger partial charge in [0.05, 0.1) is 0 Å². The Morgan fingerprint density at radius 3 is 2.09 bits per heavy atom. The van der Waals surface area contributed by atoms with Crippen molar-refractivity contribution in [1.29, 1.82) is 0 Å². The van der Waals surface area contributed by atoms with Crippen LogP contribution in [0.1, 0.15) is 0 Å². The largest absolute Gasteiger partial charge is 2.00 e. The molecule has 0 aromatic carbocycles. The van der Waals surface area contributed by atoms with Gasteiger partial charge in [0.1, 0.15) is 0 Å². The van der Waals surface area contributed by atoms with Gasteiger partial charge in [-0.1, -0.05) is 19.6 Å². The van der Waals surface area contributed by atoms with E-state index in [1.54, 1.807) is 6.08 Å². The van der Waals surface area contributed by atoms with Crippen molar-refractivity contribution in [3.8, 4) is 0 Å². The Hall–Kier alpha value is 0.423. The first kappa shape index (κ1) is 14.0. The van der Waals surface area contributed by atoms with Crippen molar-refractivity contribution in [2.75, 3.05) is 6.61 Å². The van der Waals surface area contributed by atoms with E-state index in [0.29, 0.717) is 0 Å². The average molecular weight is 179 g/mol. The first-order valence-corrected chi connectivity index (χ1v) is 6.84. The fourth-order valence-corrected chi connectivity index (χ4v) is 1.77. The molecule has 0 saturated heterocycles. The minimum atomic E-state index is -1.32. The molecule has 0 aliphatic carbocycles. The molecule has 0 bridgehead atoms. The normalized spacial score (nSPS) is 12.2. The minimum absolute atomic E-state index is 0. The van der Waals surface area contributed by atoms with E-state index in [2.05, 4.69) is 31.9 Å². The van der Waals surface area contributed by atoms with Gasteiger partial charge in [0.2, 0.25) is 0 Å². The van der Waals surface area contributed by atoms with E-state index >= 15 is 0 Å². The molecule has 0 radical (unpaired) electrons. The van der Waals surface area contributed by atoms with Gasteiger partial charge in [-0.3, -0.25) is 5.70 Å². The van der Waals surface area contributed by atoms with Crippen LogP contribution in [-0.4, -0.2) is 37.7 Å². The zero-order valence-corrected chi connectivity index (χ0v) is 10.0. The Morgan fingerprint density at radius 1 is 1.55 bits per heavy atom. The monoisotopic (exact) mass is 178 g/mol. The molecule has 11 heavy (non-hydrogen) atoms. The van der Waals surface area contributed by atoms with Crippen LogP contribution in [0.3, 0.4) is 0 Å². The van der Waals surface area contributed by atoms with Crippen LogP contribution in [0.4, 0.5) is 0 Å². The Balaban J connectivity index is 0. The van der Waals surface area contributed by atoms with Gasteiger partial charge in [0, 0.05) is 0 Å². The van der Waals surface area contributed by atoms with Crippen molar-refractivity contribution in [3.63, 3.8) is 0 Å². The standard InChI is InChI=1S/C8H14OSi.Mg/c1-5-8(6-9)7-10(2,3)4;/h5H,1,6H2,2-4H3;/q-2;+2. The second kappa shape index (κ2) is 6.00. The maximum absolute atomic E-state index is 10.4. The van der Waals surface area contributed by atoms with Crippen molar-refractivity contribution in [2.45, 2.75) is 19.6 Å². The molecule has 0 aromatic heterocycles. The minimum Gasteiger partial charge on any atom is -0.853 e. The first-order chi connectivity index (χ1) is 4.49. The fraction of sp³-hybridized carbons (Fsp3) is 0.500. The molecule has 0 aliphatic rings. The first-order valence-electron chi connectivity index (χ1n) is 3.34. The summed E-state index contributed by atoms with van der Waals surface area (Å²) < 4.78 is 0. The maximum Gasteiger partial charge on any atom is 2.00 e. The van der Waals surface area contributed by atoms with Crippen molar-refractivity contribution < 1.29 is 5.11 Å². The number of hydrogen-bond donors (Lipinski definition) is 0. The Labute approximate surface area is 86.4 Å². The van der Waals surface area contributed by atoms with Gasteiger partial charge in [-0.15, -0.1) is 6.61 Å². The molecule has 0 aromatic rings. The van der Waals surface area contributed by atoms with Gasteiger partial charge < -0.3 is 5.11 Å². The van der Waals surface area contributed by atoms with Crippen molar-refractivity contribution >= 4 is 31.1 Å². The molecule has 0 N–H and O–H groups in total. The Kier molecular flexibility index (Phi) is 7.62. The summed E-state index contributed by atoms with van der Waals surface area (Å²) in [4.78, 5) is 0. The molecule has 0 saturated carbocycles. The molecular formula is C8H14MgOSi. The molecule has 0 aliphatic heterocycles. The van der Waals surface area contributed by atoms with E-state index in [-0.39, 0.29) is 29.7 Å². The van der Waals surface area contributed by atoms with Crippen LogP contribution >= 0.6 is 0 Å². The Bertz CT molecular complexity index is 147. The van der Waals surface area contributed by atoms with Crippen LogP contribution in [0.25, 0.3) is 0 Å². The summed E-state index contributed by atoms with van der Waals surface area (Å²) in [5.41, 5.74) is 3.90. The van der Waals surface area contributed by atoms with E-state index in [9.17, 15) is 5.11 Å². The number of hydrogen-bond acceptors (Lipinski definition) is 1. The summed E-state index contributed by atoms with van der Waals surface area (Å²) in [6.07, 6.45) is 1.60. The predicted molar refractivity (Wildman–Crippen MR) is 50.9 cm³/mol. The Morgan fingerprint density at radius 2 is 2.00 bits per heavy atom. The van der Waals surface area contributed by atoms with E-state index < -0.39 is 8.07 Å². The molecule has 0 rings (SSSR count). The van der Waals surface area contributed by atoms with Crippen molar-refractivity contribution in [2.24, 2.45) is 0 Å². The fourth-order valence-electron chi connectivity index (χ4n) is 0.628. The van der Waals surface area contributed by atoms with Gasteiger partial charge in [0.15, 0.2) is 0 Å². The van der Waals surface area contributed by atoms with E-state index in [0.717, 1.165) is 5.57 Å². The second-order valence-corrected chi connectivity index (χ2v) is 8.00. The third-order valence-corrected chi connectivity index (χ3v) is 2.01. The van der Waals surface area contributed by atoms with Gasteiger partial charge in [-0.05, 0) is 8.07 Å². The second-order valence-electron chi connectivity index (χ2n) is 3.25. The molecule has 0 amide bonds. The summed E-state index contributed by atoms with van der Waals surface area (Å²) in [6, 6.07) is 0. The quantitative estimate of drug-likeness (QED) is 0.356. The summed E-state index contributed by atoms with van der Waals surface area (Å²) in [5.74, 6) is 0. The van der Waals surface area contributed by atoms with Crippen molar-refractivity contribution in [3.05, 3.63) is 23.9 Å². The van der Waals surface area contributed by atoms with Crippen LogP contribution < -0.4 is 5.11 Å². The zero-order chi connectivity index (χ0) is 8.20. The molecule has 0 atom stereocenters. The molecule has 0 fully saturated rings. The molecule has 58 valence electrons. The van der Waals surface area contributed by atoms with E-state index in [1.165, 1.54) is 0 Å². The average Bonchev–Trinajstić information content (AvgIpc) is 1.81. The van der Waals surface area contributed by atoms with Gasteiger partial charge in [-0.25, -0.2) is 11.6 Å². The molecule has 1 nitrogen and oxygen atoms in total. The molecule has 0 unspecified atom stereocenters. The van der Waals surface area contributed by atoms with Crippen LogP contribution in [-0.2, 0) is 0 Å². The van der Waals surface area contributed by atoms with Crippen LogP contribution in [0.15, 0.2) is 18.2 Å². The zero-order valence-electron chi connectivity index (χ0n) is 7.61. The number of rotatable bonds is 3. The third-order valence-electron chi connectivity index (χ3n) is 0.937. The summed E-state index contributed by atoms with van der Waals surface area (Å²) in [5, 5.41) is 10.4. The molecule has 0 heterocycles. The van der Waals surface area contributed by atoms with Crippen LogP contribution in [0, 0.1) is 5.70 Å². The van der Waals surface area contributed by atoms with Gasteiger partial charge in [0.25, 0.3) is 0 Å². The van der Waals surface area contributed by atoms with Gasteiger partial charge >= 0.3 is 23.1 Å². The molecule has 0 spiro atoms. The van der Waals surface area contributed by atoms with Crippen molar-refractivity contribution in [1.82, 2.24) is 0 Å². The maximum atomic E-state index is 10.4.